The van der Waals surface area contributed by atoms with E-state index < -0.39 is 12.1 Å². The van der Waals surface area contributed by atoms with Gasteiger partial charge in [0, 0.05) is 6.04 Å². The summed E-state index contributed by atoms with van der Waals surface area (Å²) in [7, 11) is 0. The van der Waals surface area contributed by atoms with Crippen LogP contribution in [0.5, 0.6) is 0 Å². The molecule has 2 rings (SSSR count). The van der Waals surface area contributed by atoms with Crippen molar-refractivity contribution in [2.75, 3.05) is 0 Å². The highest BCUT2D eigenvalue weighted by Gasteiger charge is 2.24. The Bertz CT molecular complexity index is 482. The van der Waals surface area contributed by atoms with Gasteiger partial charge < -0.3 is 5.73 Å². The molecule has 0 aliphatic heterocycles. The third kappa shape index (κ3) is 5.15. The van der Waals surface area contributed by atoms with Crippen LogP contribution in [-0.4, -0.2) is 18.0 Å². The average molecular weight is 303 g/mol. The van der Waals surface area contributed by atoms with Gasteiger partial charge in [0.2, 0.25) is 5.91 Å². The zero-order valence-electron chi connectivity index (χ0n) is 12.9. The van der Waals surface area contributed by atoms with Gasteiger partial charge in [-0.15, -0.1) is 0 Å². The van der Waals surface area contributed by atoms with Crippen molar-refractivity contribution in [2.45, 2.75) is 57.0 Å². The second kappa shape index (κ2) is 8.54. The highest BCUT2D eigenvalue weighted by atomic mass is 16.2. The third-order valence-electron chi connectivity index (χ3n) is 4.15. The number of benzene rings is 1. The number of nitrogens with two attached hydrogens (primary N) is 1. The number of amides is 3. The smallest absolute Gasteiger partial charge is 0.318 e. The van der Waals surface area contributed by atoms with Crippen LogP contribution in [0, 0.1) is 0 Å². The van der Waals surface area contributed by atoms with E-state index in [0.717, 1.165) is 18.4 Å². The summed E-state index contributed by atoms with van der Waals surface area (Å²) in [4.78, 5) is 23.3. The minimum absolute atomic E-state index is 0.295. The molecule has 5 heteroatoms. The molecule has 5 nitrogen and oxygen atoms in total. The second-order valence-electron chi connectivity index (χ2n) is 5.91. The van der Waals surface area contributed by atoms with E-state index in [4.69, 9.17) is 5.73 Å². The molecule has 0 unspecified atom stereocenters. The van der Waals surface area contributed by atoms with Crippen LogP contribution in [0.15, 0.2) is 30.3 Å². The number of primary amides is 1. The van der Waals surface area contributed by atoms with Crippen LogP contribution in [0.1, 0.15) is 56.6 Å². The van der Waals surface area contributed by atoms with E-state index in [-0.39, 0.29) is 5.91 Å². The molecule has 22 heavy (non-hydrogen) atoms. The maximum absolute atomic E-state index is 12.3. The number of carbonyl (C=O) groups excluding carboxylic acids is 2. The number of hydrogen-bond donors (Lipinski definition) is 3. The minimum atomic E-state index is -0.814. The minimum Gasteiger partial charge on any atom is -0.351 e. The van der Waals surface area contributed by atoms with Gasteiger partial charge in [0.05, 0.1) is 0 Å². The summed E-state index contributed by atoms with van der Waals surface area (Å²) in [6.45, 7) is 0. The lowest BCUT2D eigenvalue weighted by Crippen LogP contribution is -2.46. The molecule has 0 aromatic heterocycles. The summed E-state index contributed by atoms with van der Waals surface area (Å²) >= 11 is 0. The first-order chi connectivity index (χ1) is 10.7. The van der Waals surface area contributed by atoms with Crippen molar-refractivity contribution in [3.05, 3.63) is 35.9 Å². The van der Waals surface area contributed by atoms with Gasteiger partial charge in [-0.3, -0.25) is 15.4 Å². The number of imide groups is 1. The second-order valence-corrected chi connectivity index (χ2v) is 5.91. The SMILES string of the molecule is NC(=O)NC(=O)[C@H](NC1CCCCCCC1)c1ccccc1. The van der Waals surface area contributed by atoms with Crippen molar-refractivity contribution in [2.24, 2.45) is 5.73 Å². The van der Waals surface area contributed by atoms with E-state index in [1.165, 1.54) is 32.1 Å². The van der Waals surface area contributed by atoms with E-state index in [9.17, 15) is 9.59 Å². The van der Waals surface area contributed by atoms with E-state index in [1.54, 1.807) is 0 Å². The third-order valence-corrected chi connectivity index (χ3v) is 4.15. The first-order valence-electron chi connectivity index (χ1n) is 8.08. The number of rotatable bonds is 4. The van der Waals surface area contributed by atoms with Crippen LogP contribution in [0.25, 0.3) is 0 Å². The number of carbonyl (C=O) groups is 2. The zero-order valence-corrected chi connectivity index (χ0v) is 12.9. The first kappa shape index (κ1) is 16.5. The Labute approximate surface area is 131 Å². The lowest BCUT2D eigenvalue weighted by atomic mass is 9.95. The van der Waals surface area contributed by atoms with Crippen molar-refractivity contribution in [3.63, 3.8) is 0 Å². The van der Waals surface area contributed by atoms with E-state index in [0.29, 0.717) is 6.04 Å². The van der Waals surface area contributed by atoms with Gasteiger partial charge >= 0.3 is 6.03 Å². The molecule has 0 spiro atoms. The molecule has 1 saturated carbocycles. The molecule has 1 aliphatic carbocycles. The molecule has 4 N–H and O–H groups in total. The van der Waals surface area contributed by atoms with Gasteiger partial charge in [-0.05, 0) is 18.4 Å². The maximum atomic E-state index is 12.3. The Morgan fingerprint density at radius 2 is 1.59 bits per heavy atom. The van der Waals surface area contributed by atoms with Crippen molar-refractivity contribution < 1.29 is 9.59 Å². The molecule has 1 aliphatic rings. The topological polar surface area (TPSA) is 84.2 Å². The Kier molecular flexibility index (Phi) is 6.40. The van der Waals surface area contributed by atoms with Crippen molar-refractivity contribution in [3.8, 4) is 0 Å². The monoisotopic (exact) mass is 303 g/mol. The first-order valence-corrected chi connectivity index (χ1v) is 8.08. The van der Waals surface area contributed by atoms with Gasteiger partial charge in [-0.1, -0.05) is 62.4 Å². The summed E-state index contributed by atoms with van der Waals surface area (Å²) < 4.78 is 0. The molecule has 1 atom stereocenters. The fourth-order valence-corrected chi connectivity index (χ4v) is 3.02. The van der Waals surface area contributed by atoms with Crippen LogP contribution in [-0.2, 0) is 4.79 Å². The standard InChI is InChI=1S/C17H25N3O2/c18-17(22)20-16(21)15(13-9-5-4-6-10-13)19-14-11-7-2-1-3-8-12-14/h4-6,9-10,14-15,19H,1-3,7-8,11-12H2,(H3,18,20,21,22)/t15-/m1/s1. The summed E-state index contributed by atoms with van der Waals surface area (Å²) in [6.07, 6.45) is 8.29. The van der Waals surface area contributed by atoms with Crippen LogP contribution in [0.3, 0.4) is 0 Å². The van der Waals surface area contributed by atoms with Gasteiger partial charge in [0.25, 0.3) is 0 Å². The van der Waals surface area contributed by atoms with Gasteiger partial charge in [0.1, 0.15) is 6.04 Å². The predicted octanol–water partition coefficient (Wildman–Crippen LogP) is 2.63. The molecular formula is C17H25N3O2. The largest absolute Gasteiger partial charge is 0.351 e. The number of nitrogens with one attached hydrogen (secondary N) is 2. The van der Waals surface area contributed by atoms with Crippen molar-refractivity contribution in [1.29, 1.82) is 0 Å². The Morgan fingerprint density at radius 1 is 1.00 bits per heavy atom. The molecule has 0 bridgehead atoms. The Balaban J connectivity index is 2.09. The maximum Gasteiger partial charge on any atom is 0.318 e. The molecular weight excluding hydrogens is 278 g/mol. The average Bonchev–Trinajstić information content (AvgIpc) is 2.46. The van der Waals surface area contributed by atoms with E-state index in [1.807, 2.05) is 30.3 Å². The summed E-state index contributed by atoms with van der Waals surface area (Å²) in [6, 6.07) is 8.40. The summed E-state index contributed by atoms with van der Waals surface area (Å²) in [5.74, 6) is -0.388. The molecule has 1 aromatic rings. The molecule has 3 amide bonds. The van der Waals surface area contributed by atoms with Crippen molar-refractivity contribution >= 4 is 11.9 Å². The molecule has 0 saturated heterocycles. The molecule has 1 aromatic carbocycles. The Hall–Kier alpha value is -1.88. The quantitative estimate of drug-likeness (QED) is 0.799. The lowest BCUT2D eigenvalue weighted by molar-refractivity contribution is -0.122. The van der Waals surface area contributed by atoms with E-state index in [2.05, 4.69) is 10.6 Å². The van der Waals surface area contributed by atoms with E-state index >= 15 is 0 Å². The Morgan fingerprint density at radius 3 is 2.18 bits per heavy atom. The highest BCUT2D eigenvalue weighted by molar-refractivity contribution is 5.96. The van der Waals surface area contributed by atoms with Crippen molar-refractivity contribution in [1.82, 2.24) is 10.6 Å². The molecule has 120 valence electrons. The predicted molar refractivity (Wildman–Crippen MR) is 86.2 cm³/mol. The van der Waals surface area contributed by atoms with Crippen LogP contribution >= 0.6 is 0 Å². The van der Waals surface area contributed by atoms with Gasteiger partial charge in [-0.2, -0.15) is 0 Å². The van der Waals surface area contributed by atoms with Crippen LogP contribution < -0.4 is 16.4 Å². The summed E-state index contributed by atoms with van der Waals surface area (Å²) in [5, 5.41) is 5.62. The van der Waals surface area contributed by atoms with Gasteiger partial charge in [-0.25, -0.2) is 4.79 Å². The zero-order chi connectivity index (χ0) is 15.8. The lowest BCUT2D eigenvalue weighted by Gasteiger charge is -2.26. The van der Waals surface area contributed by atoms with Crippen LogP contribution in [0.2, 0.25) is 0 Å². The normalized spacial score (nSPS) is 18.0. The summed E-state index contributed by atoms with van der Waals surface area (Å²) in [5.41, 5.74) is 5.94. The highest BCUT2D eigenvalue weighted by Crippen LogP contribution is 2.21. The molecule has 0 radical (unpaired) electrons. The number of urea groups is 1. The fraction of sp³-hybridized carbons (Fsp3) is 0.529. The number of hydrogen-bond acceptors (Lipinski definition) is 3. The fourth-order valence-electron chi connectivity index (χ4n) is 3.02. The molecule has 1 fully saturated rings. The van der Waals surface area contributed by atoms with Crippen LogP contribution in [0.4, 0.5) is 4.79 Å². The molecule has 0 heterocycles. The van der Waals surface area contributed by atoms with Gasteiger partial charge in [0.15, 0.2) is 0 Å².